The topological polar surface area (TPSA) is 46.5 Å². The van der Waals surface area contributed by atoms with Crippen LogP contribution >= 0.6 is 0 Å². The van der Waals surface area contributed by atoms with Crippen LogP contribution in [0.15, 0.2) is 48.5 Å². The van der Waals surface area contributed by atoms with Crippen molar-refractivity contribution < 1.29 is 14.6 Å². The number of aliphatic carboxylic acids is 1. The summed E-state index contributed by atoms with van der Waals surface area (Å²) in [6.45, 7) is 4.11. The van der Waals surface area contributed by atoms with Crippen molar-refractivity contribution in [3.05, 3.63) is 65.2 Å². The number of hydrogen-bond acceptors (Lipinski definition) is 2. The minimum absolute atomic E-state index is 0.127. The van der Waals surface area contributed by atoms with Crippen molar-refractivity contribution in [3.8, 4) is 5.75 Å². The van der Waals surface area contributed by atoms with Crippen LogP contribution in [0.1, 0.15) is 22.6 Å². The molecule has 0 saturated heterocycles. The molecule has 0 aliphatic carbocycles. The van der Waals surface area contributed by atoms with E-state index in [1.807, 2.05) is 56.3 Å². The van der Waals surface area contributed by atoms with Crippen LogP contribution in [0, 0.1) is 13.8 Å². The van der Waals surface area contributed by atoms with Crippen molar-refractivity contribution in [2.24, 2.45) is 0 Å². The summed E-state index contributed by atoms with van der Waals surface area (Å²) in [5, 5.41) is 9.33. The van der Waals surface area contributed by atoms with Crippen molar-refractivity contribution >= 4 is 5.97 Å². The summed E-state index contributed by atoms with van der Waals surface area (Å²) in [5.74, 6) is -0.817. The minimum Gasteiger partial charge on any atom is -0.492 e. The van der Waals surface area contributed by atoms with Gasteiger partial charge in [0.15, 0.2) is 0 Å². The summed E-state index contributed by atoms with van der Waals surface area (Å²) in [5.41, 5.74) is 2.96. The molecule has 0 aliphatic rings. The van der Waals surface area contributed by atoms with Gasteiger partial charge in [0.25, 0.3) is 0 Å². The van der Waals surface area contributed by atoms with Gasteiger partial charge in [-0.05, 0) is 42.7 Å². The molecule has 0 amide bonds. The highest BCUT2D eigenvalue weighted by atomic mass is 16.5. The zero-order valence-corrected chi connectivity index (χ0v) is 11.7. The summed E-state index contributed by atoms with van der Waals surface area (Å²) in [4.78, 5) is 11.4. The van der Waals surface area contributed by atoms with Gasteiger partial charge in [-0.15, -0.1) is 0 Å². The maximum Gasteiger partial charge on any atom is 0.314 e. The van der Waals surface area contributed by atoms with Gasteiger partial charge in [0.2, 0.25) is 0 Å². The Labute approximate surface area is 118 Å². The lowest BCUT2D eigenvalue weighted by molar-refractivity contribution is -0.139. The molecule has 0 radical (unpaired) electrons. The maximum absolute atomic E-state index is 11.4. The average Bonchev–Trinajstić information content (AvgIpc) is 2.38. The van der Waals surface area contributed by atoms with Crippen LogP contribution in [0.4, 0.5) is 0 Å². The predicted octanol–water partition coefficient (Wildman–Crippen LogP) is 3.55. The fraction of sp³-hybridized carbons (Fsp3) is 0.235. The van der Waals surface area contributed by atoms with Crippen LogP contribution in [0.25, 0.3) is 0 Å². The molecule has 1 atom stereocenters. The van der Waals surface area contributed by atoms with Crippen LogP contribution in [0.5, 0.6) is 5.75 Å². The fourth-order valence-electron chi connectivity index (χ4n) is 2.19. The quantitative estimate of drug-likeness (QED) is 0.903. The Morgan fingerprint density at radius 3 is 2.25 bits per heavy atom. The summed E-state index contributed by atoms with van der Waals surface area (Å²) in [7, 11) is 0. The largest absolute Gasteiger partial charge is 0.492 e. The molecule has 0 spiro atoms. The molecule has 0 heterocycles. The second kappa shape index (κ2) is 6.24. The van der Waals surface area contributed by atoms with Gasteiger partial charge in [0.1, 0.15) is 18.3 Å². The zero-order chi connectivity index (χ0) is 14.5. The van der Waals surface area contributed by atoms with E-state index in [0.29, 0.717) is 5.75 Å². The third-order valence-electron chi connectivity index (χ3n) is 3.11. The van der Waals surface area contributed by atoms with E-state index in [1.165, 1.54) is 0 Å². The molecule has 104 valence electrons. The Hall–Kier alpha value is -2.29. The number of carbonyl (C=O) groups is 1. The number of aryl methyl sites for hydroxylation is 2. The van der Waals surface area contributed by atoms with Gasteiger partial charge in [-0.1, -0.05) is 36.4 Å². The smallest absolute Gasteiger partial charge is 0.314 e. The first-order valence-electron chi connectivity index (χ1n) is 6.55. The molecular weight excluding hydrogens is 252 g/mol. The molecule has 1 N–H and O–H groups in total. The van der Waals surface area contributed by atoms with Gasteiger partial charge in [0.05, 0.1) is 0 Å². The molecule has 0 bridgehead atoms. The molecular formula is C17H18O3. The lowest BCUT2D eigenvalue weighted by Crippen LogP contribution is -2.19. The summed E-state index contributed by atoms with van der Waals surface area (Å²) < 4.78 is 5.66. The highest BCUT2D eigenvalue weighted by Gasteiger charge is 2.20. The van der Waals surface area contributed by atoms with Crippen molar-refractivity contribution in [1.82, 2.24) is 0 Å². The van der Waals surface area contributed by atoms with Crippen LogP contribution in [0.2, 0.25) is 0 Å². The lowest BCUT2D eigenvalue weighted by atomic mass is 10.0. The van der Waals surface area contributed by atoms with Gasteiger partial charge in [-0.25, -0.2) is 0 Å². The Morgan fingerprint density at radius 2 is 1.70 bits per heavy atom. The highest BCUT2D eigenvalue weighted by molar-refractivity contribution is 5.76. The van der Waals surface area contributed by atoms with Crippen LogP contribution in [-0.4, -0.2) is 17.7 Å². The molecule has 2 aromatic rings. The average molecular weight is 270 g/mol. The molecule has 3 heteroatoms. The second-order valence-electron chi connectivity index (χ2n) is 4.94. The van der Waals surface area contributed by atoms with E-state index in [1.54, 1.807) is 0 Å². The molecule has 0 fully saturated rings. The summed E-state index contributed by atoms with van der Waals surface area (Å²) in [6, 6.07) is 15.0. The summed E-state index contributed by atoms with van der Waals surface area (Å²) in [6.07, 6.45) is 0. The SMILES string of the molecule is Cc1cc(C)cc(OCC(C(=O)O)c2ccccc2)c1. The van der Waals surface area contributed by atoms with E-state index >= 15 is 0 Å². The van der Waals surface area contributed by atoms with Crippen molar-refractivity contribution in [1.29, 1.82) is 0 Å². The van der Waals surface area contributed by atoms with E-state index < -0.39 is 11.9 Å². The number of carboxylic acids is 1. The van der Waals surface area contributed by atoms with Crippen molar-refractivity contribution in [2.75, 3.05) is 6.61 Å². The number of carboxylic acid groups (broad SMARTS) is 1. The first-order valence-corrected chi connectivity index (χ1v) is 6.55. The molecule has 0 aromatic heterocycles. The fourth-order valence-corrected chi connectivity index (χ4v) is 2.19. The van der Waals surface area contributed by atoms with Gasteiger partial charge in [-0.3, -0.25) is 4.79 Å². The Morgan fingerprint density at radius 1 is 1.10 bits per heavy atom. The van der Waals surface area contributed by atoms with E-state index in [2.05, 4.69) is 6.07 Å². The van der Waals surface area contributed by atoms with E-state index in [-0.39, 0.29) is 6.61 Å². The minimum atomic E-state index is -0.874. The number of ether oxygens (including phenoxy) is 1. The van der Waals surface area contributed by atoms with Crippen LogP contribution < -0.4 is 4.74 Å². The van der Waals surface area contributed by atoms with Gasteiger partial charge in [-0.2, -0.15) is 0 Å². The number of benzene rings is 2. The first kappa shape index (κ1) is 14.1. The number of rotatable bonds is 5. The Bertz CT molecular complexity index is 570. The maximum atomic E-state index is 11.4. The Kier molecular flexibility index (Phi) is 4.41. The summed E-state index contributed by atoms with van der Waals surface area (Å²) >= 11 is 0. The van der Waals surface area contributed by atoms with E-state index in [9.17, 15) is 9.90 Å². The lowest BCUT2D eigenvalue weighted by Gasteiger charge is -2.15. The first-order chi connectivity index (χ1) is 9.56. The van der Waals surface area contributed by atoms with Gasteiger partial charge >= 0.3 is 5.97 Å². The molecule has 0 saturated carbocycles. The molecule has 2 rings (SSSR count). The third-order valence-corrected chi connectivity index (χ3v) is 3.11. The van der Waals surface area contributed by atoms with E-state index in [0.717, 1.165) is 16.7 Å². The van der Waals surface area contributed by atoms with E-state index in [4.69, 9.17) is 4.74 Å². The Balaban J connectivity index is 2.12. The second-order valence-corrected chi connectivity index (χ2v) is 4.94. The normalized spacial score (nSPS) is 11.9. The molecule has 0 aliphatic heterocycles. The van der Waals surface area contributed by atoms with Crippen LogP contribution in [0.3, 0.4) is 0 Å². The van der Waals surface area contributed by atoms with Crippen LogP contribution in [-0.2, 0) is 4.79 Å². The standard InChI is InChI=1S/C17H18O3/c1-12-8-13(2)10-15(9-12)20-11-16(17(18)19)14-6-4-3-5-7-14/h3-10,16H,11H2,1-2H3,(H,18,19). The molecule has 3 nitrogen and oxygen atoms in total. The highest BCUT2D eigenvalue weighted by Crippen LogP contribution is 2.21. The predicted molar refractivity (Wildman–Crippen MR) is 78.2 cm³/mol. The van der Waals surface area contributed by atoms with Crippen molar-refractivity contribution in [2.45, 2.75) is 19.8 Å². The monoisotopic (exact) mass is 270 g/mol. The molecule has 2 aromatic carbocycles. The molecule has 1 unspecified atom stereocenters. The third kappa shape index (κ3) is 3.60. The zero-order valence-electron chi connectivity index (χ0n) is 11.7. The van der Waals surface area contributed by atoms with Gasteiger partial charge in [0, 0.05) is 0 Å². The van der Waals surface area contributed by atoms with Gasteiger partial charge < -0.3 is 9.84 Å². The number of hydrogen-bond donors (Lipinski definition) is 1. The van der Waals surface area contributed by atoms with Crippen molar-refractivity contribution in [3.63, 3.8) is 0 Å². The molecule has 20 heavy (non-hydrogen) atoms.